The number of hydrogen-bond donors (Lipinski definition) is 2. The number of thiophene rings is 1. The molecule has 2 N–H and O–H groups in total. The lowest BCUT2D eigenvalue weighted by Crippen LogP contribution is -2.25. The molecule has 0 atom stereocenters. The molecule has 4 aromatic rings. The van der Waals surface area contributed by atoms with E-state index in [1.807, 2.05) is 41.9 Å². The van der Waals surface area contributed by atoms with Gasteiger partial charge in [0.05, 0.1) is 27.7 Å². The lowest BCUT2D eigenvalue weighted by molar-refractivity contribution is 0.0950. The van der Waals surface area contributed by atoms with Crippen LogP contribution in [0, 0.1) is 6.92 Å². The van der Waals surface area contributed by atoms with E-state index in [9.17, 15) is 9.59 Å². The lowest BCUT2D eigenvalue weighted by atomic mass is 10.2. The van der Waals surface area contributed by atoms with Gasteiger partial charge in [0.1, 0.15) is 4.83 Å². The summed E-state index contributed by atoms with van der Waals surface area (Å²) < 4.78 is 1.90. The Balaban J connectivity index is 1.33. The van der Waals surface area contributed by atoms with E-state index >= 15 is 0 Å². The molecular weight excluding hydrogens is 479 g/mol. The van der Waals surface area contributed by atoms with Crippen LogP contribution in [0.3, 0.4) is 0 Å². The molecule has 2 aromatic carbocycles. The monoisotopic (exact) mass is 498 g/mol. The molecule has 5 rings (SSSR count). The fourth-order valence-electron chi connectivity index (χ4n) is 3.56. The van der Waals surface area contributed by atoms with E-state index in [0.29, 0.717) is 32.7 Å². The molecule has 168 valence electrons. The number of hydrogen-bond acceptors (Lipinski definition) is 4. The van der Waals surface area contributed by atoms with Crippen molar-refractivity contribution in [2.75, 3.05) is 5.32 Å². The molecule has 0 radical (unpaired) electrons. The van der Waals surface area contributed by atoms with E-state index in [0.717, 1.165) is 34.3 Å². The first-order valence-corrected chi connectivity index (χ1v) is 12.1. The van der Waals surface area contributed by atoms with Gasteiger partial charge in [0.25, 0.3) is 11.8 Å². The first-order chi connectivity index (χ1) is 15.9. The van der Waals surface area contributed by atoms with Crippen molar-refractivity contribution in [1.29, 1.82) is 0 Å². The molecule has 0 aliphatic heterocycles. The smallest absolute Gasteiger partial charge is 0.265 e. The van der Waals surface area contributed by atoms with Crippen LogP contribution < -0.4 is 10.6 Å². The number of aryl methyl sites for hydroxylation is 1. The maximum absolute atomic E-state index is 12.9. The number of carbonyl (C=O) groups excluding carboxylic acids is 2. The SMILES string of the molecule is Cc1nn(Cc2ccc(Cl)cc2)c2sc(C(=O)Nc3ccc(C(=O)NC4CC4)c(Cl)c3)cc12. The third kappa shape index (κ3) is 4.76. The van der Waals surface area contributed by atoms with Crippen molar-refractivity contribution >= 4 is 62.3 Å². The van der Waals surface area contributed by atoms with Crippen molar-refractivity contribution in [2.45, 2.75) is 32.4 Å². The molecular formula is C24H20Cl2N4O2S. The van der Waals surface area contributed by atoms with Gasteiger partial charge < -0.3 is 10.6 Å². The van der Waals surface area contributed by atoms with Gasteiger partial charge in [-0.05, 0) is 61.7 Å². The predicted octanol–water partition coefficient (Wildman–Crippen LogP) is 5.91. The summed E-state index contributed by atoms with van der Waals surface area (Å²) in [5.74, 6) is -0.425. The van der Waals surface area contributed by atoms with Crippen LogP contribution in [-0.2, 0) is 6.54 Å². The molecule has 6 nitrogen and oxygen atoms in total. The zero-order valence-electron chi connectivity index (χ0n) is 17.7. The minimum absolute atomic E-state index is 0.189. The molecule has 1 aliphatic carbocycles. The lowest BCUT2D eigenvalue weighted by Gasteiger charge is -2.08. The highest BCUT2D eigenvalue weighted by atomic mass is 35.5. The normalized spacial score (nSPS) is 13.3. The van der Waals surface area contributed by atoms with Crippen LogP contribution in [-0.4, -0.2) is 27.6 Å². The second-order valence-electron chi connectivity index (χ2n) is 8.10. The third-order valence-electron chi connectivity index (χ3n) is 5.46. The Hall–Kier alpha value is -2.87. The van der Waals surface area contributed by atoms with E-state index < -0.39 is 0 Å². The Morgan fingerprint density at radius 3 is 2.55 bits per heavy atom. The Bertz CT molecular complexity index is 1370. The number of nitrogens with zero attached hydrogens (tertiary/aromatic N) is 2. The number of carbonyl (C=O) groups is 2. The van der Waals surface area contributed by atoms with Crippen LogP contribution in [0.1, 0.15) is 44.1 Å². The zero-order chi connectivity index (χ0) is 23.1. The minimum Gasteiger partial charge on any atom is -0.349 e. The summed E-state index contributed by atoms with van der Waals surface area (Å²) in [6.07, 6.45) is 2.01. The molecule has 2 heterocycles. The quantitative estimate of drug-likeness (QED) is 0.347. The second-order valence-corrected chi connectivity index (χ2v) is 9.97. The summed E-state index contributed by atoms with van der Waals surface area (Å²) in [7, 11) is 0. The number of amides is 2. The average molecular weight is 499 g/mol. The molecule has 33 heavy (non-hydrogen) atoms. The highest BCUT2D eigenvalue weighted by molar-refractivity contribution is 7.20. The van der Waals surface area contributed by atoms with Crippen LogP contribution in [0.4, 0.5) is 5.69 Å². The number of fused-ring (bicyclic) bond motifs is 1. The minimum atomic E-state index is -0.236. The molecule has 0 spiro atoms. The number of halogens is 2. The Morgan fingerprint density at radius 2 is 1.85 bits per heavy atom. The highest BCUT2D eigenvalue weighted by Crippen LogP contribution is 2.30. The fourth-order valence-corrected chi connectivity index (χ4v) is 5.00. The van der Waals surface area contributed by atoms with E-state index in [-0.39, 0.29) is 17.9 Å². The van der Waals surface area contributed by atoms with Gasteiger partial charge in [-0.25, -0.2) is 0 Å². The van der Waals surface area contributed by atoms with Crippen molar-refractivity contribution in [1.82, 2.24) is 15.1 Å². The van der Waals surface area contributed by atoms with Crippen molar-refractivity contribution < 1.29 is 9.59 Å². The molecule has 2 amide bonds. The molecule has 0 saturated heterocycles. The third-order valence-corrected chi connectivity index (χ3v) is 7.17. The van der Waals surface area contributed by atoms with Crippen LogP contribution in [0.2, 0.25) is 10.0 Å². The maximum atomic E-state index is 12.9. The van der Waals surface area contributed by atoms with Crippen LogP contribution in [0.15, 0.2) is 48.5 Å². The standard InChI is InChI=1S/C24H20Cl2N4O2S/c1-13-19-11-21(33-24(19)30(29-13)12-14-2-4-15(25)5-3-14)23(32)28-17-8-9-18(20(26)10-17)22(31)27-16-6-7-16/h2-5,8-11,16H,6-7,12H2,1H3,(H,27,31)(H,28,32). The predicted molar refractivity (Wildman–Crippen MR) is 133 cm³/mol. The average Bonchev–Trinajstić information content (AvgIpc) is 3.39. The number of anilines is 1. The maximum Gasteiger partial charge on any atom is 0.265 e. The first kappa shape index (κ1) is 21.9. The van der Waals surface area contributed by atoms with Gasteiger partial charge in [-0.15, -0.1) is 11.3 Å². The summed E-state index contributed by atoms with van der Waals surface area (Å²) in [5, 5.41) is 12.4. The number of nitrogens with one attached hydrogen (secondary N) is 2. The Morgan fingerprint density at radius 1 is 1.09 bits per heavy atom. The highest BCUT2D eigenvalue weighted by Gasteiger charge is 2.25. The summed E-state index contributed by atoms with van der Waals surface area (Å²) in [4.78, 5) is 26.7. The second kappa shape index (κ2) is 8.82. The van der Waals surface area contributed by atoms with Crippen molar-refractivity contribution in [3.8, 4) is 0 Å². The van der Waals surface area contributed by atoms with Gasteiger partial charge in [0.2, 0.25) is 0 Å². The van der Waals surface area contributed by atoms with Gasteiger partial charge in [0, 0.05) is 22.1 Å². The fraction of sp³-hybridized carbons (Fsp3) is 0.208. The largest absolute Gasteiger partial charge is 0.349 e. The van der Waals surface area contributed by atoms with Crippen molar-refractivity contribution in [3.05, 3.63) is 80.3 Å². The first-order valence-electron chi connectivity index (χ1n) is 10.5. The Labute approximate surface area is 204 Å². The molecule has 1 fully saturated rings. The summed E-state index contributed by atoms with van der Waals surface area (Å²) in [6, 6.07) is 14.7. The van der Waals surface area contributed by atoms with Crippen LogP contribution in [0.25, 0.3) is 10.2 Å². The number of aromatic nitrogens is 2. The summed E-state index contributed by atoms with van der Waals surface area (Å²) in [6.45, 7) is 2.52. The van der Waals surface area contributed by atoms with E-state index in [1.165, 1.54) is 11.3 Å². The number of rotatable bonds is 6. The van der Waals surface area contributed by atoms with E-state index in [2.05, 4.69) is 15.7 Å². The van der Waals surface area contributed by atoms with Gasteiger partial charge in [0.15, 0.2) is 0 Å². The zero-order valence-corrected chi connectivity index (χ0v) is 20.0. The van der Waals surface area contributed by atoms with Gasteiger partial charge in [-0.3, -0.25) is 14.3 Å². The molecule has 0 unspecified atom stereocenters. The number of benzene rings is 2. The Kier molecular flexibility index (Phi) is 5.86. The molecule has 0 bridgehead atoms. The van der Waals surface area contributed by atoms with Crippen LogP contribution >= 0.6 is 34.5 Å². The molecule has 1 saturated carbocycles. The van der Waals surface area contributed by atoms with Crippen molar-refractivity contribution in [2.24, 2.45) is 0 Å². The van der Waals surface area contributed by atoms with Crippen molar-refractivity contribution in [3.63, 3.8) is 0 Å². The van der Waals surface area contributed by atoms with Crippen LogP contribution in [0.5, 0.6) is 0 Å². The van der Waals surface area contributed by atoms with Gasteiger partial charge >= 0.3 is 0 Å². The van der Waals surface area contributed by atoms with Gasteiger partial charge in [-0.2, -0.15) is 5.10 Å². The van der Waals surface area contributed by atoms with E-state index in [1.54, 1.807) is 18.2 Å². The summed E-state index contributed by atoms with van der Waals surface area (Å²) in [5.41, 5.74) is 2.87. The molecule has 1 aliphatic rings. The van der Waals surface area contributed by atoms with Gasteiger partial charge in [-0.1, -0.05) is 35.3 Å². The summed E-state index contributed by atoms with van der Waals surface area (Å²) >= 11 is 13.7. The van der Waals surface area contributed by atoms with E-state index in [4.69, 9.17) is 23.2 Å². The molecule has 2 aromatic heterocycles. The topological polar surface area (TPSA) is 76.0 Å². The molecule has 9 heteroatoms.